The lowest BCUT2D eigenvalue weighted by Crippen LogP contribution is -2.26. The van der Waals surface area contributed by atoms with E-state index in [1.165, 1.54) is 53.4 Å². The number of hydrogen-bond acceptors (Lipinski definition) is 6. The van der Waals surface area contributed by atoms with Crippen LogP contribution in [-0.2, 0) is 22.6 Å². The summed E-state index contributed by atoms with van der Waals surface area (Å²) < 4.78 is 7.45. The van der Waals surface area contributed by atoms with Crippen molar-refractivity contribution in [1.29, 1.82) is 0 Å². The summed E-state index contributed by atoms with van der Waals surface area (Å²) in [6.45, 7) is 5.15. The van der Waals surface area contributed by atoms with Crippen molar-refractivity contribution in [3.63, 3.8) is 0 Å². The fourth-order valence-corrected chi connectivity index (χ4v) is 5.72. The van der Waals surface area contributed by atoms with Gasteiger partial charge in [0.25, 0.3) is 22.2 Å². The number of carbonyl (C=O) groups excluding carboxylic acids is 1. The molecule has 41 heavy (non-hydrogen) atoms. The average Bonchev–Trinajstić information content (AvgIpc) is 3.34. The van der Waals surface area contributed by atoms with E-state index in [1.54, 1.807) is 0 Å². The maximum atomic E-state index is 13.0. The first-order valence-electron chi connectivity index (χ1n) is 16.0. The van der Waals surface area contributed by atoms with Crippen LogP contribution in [0.5, 0.6) is 0 Å². The number of carbonyl (C=O) groups is 1. The number of esters is 1. The molecule has 0 N–H and O–H groups in total. The summed E-state index contributed by atoms with van der Waals surface area (Å²) in [5.41, 5.74) is -1.49. The third kappa shape index (κ3) is 8.98. The van der Waals surface area contributed by atoms with Gasteiger partial charge in [-0.2, -0.15) is 0 Å². The fourth-order valence-electron chi connectivity index (χ4n) is 5.72. The minimum Gasteiger partial charge on any atom is -0.466 e. The zero-order valence-corrected chi connectivity index (χ0v) is 25.1. The summed E-state index contributed by atoms with van der Waals surface area (Å²) in [4.78, 5) is 63.4. The largest absolute Gasteiger partial charge is 0.466 e. The molecular formula is C33H48N2O6. The summed E-state index contributed by atoms with van der Waals surface area (Å²) in [5.74, 6) is -0.125. The van der Waals surface area contributed by atoms with Gasteiger partial charge in [-0.05, 0) is 38.3 Å². The summed E-state index contributed by atoms with van der Waals surface area (Å²) in [5, 5.41) is 0.926. The number of unbranched alkanes of at least 4 members (excludes halogenated alkanes) is 14. The highest BCUT2D eigenvalue weighted by molar-refractivity contribution is 5.97. The van der Waals surface area contributed by atoms with Gasteiger partial charge in [0.2, 0.25) is 0 Å². The van der Waals surface area contributed by atoms with Crippen LogP contribution in [0, 0.1) is 0 Å². The van der Waals surface area contributed by atoms with Crippen molar-refractivity contribution in [3.8, 4) is 0 Å². The second kappa shape index (κ2) is 17.0. The fraction of sp³-hybridized carbons (Fsp3) is 0.667. The van der Waals surface area contributed by atoms with Gasteiger partial charge in [-0.25, -0.2) is 0 Å². The van der Waals surface area contributed by atoms with Crippen molar-refractivity contribution in [1.82, 2.24) is 9.13 Å². The molecule has 0 aliphatic heterocycles. The second-order valence-corrected chi connectivity index (χ2v) is 11.3. The van der Waals surface area contributed by atoms with Crippen LogP contribution in [0.3, 0.4) is 0 Å². The maximum Gasteiger partial charge on any atom is 0.305 e. The Labute approximate surface area is 242 Å². The van der Waals surface area contributed by atoms with Gasteiger partial charge < -0.3 is 4.74 Å². The van der Waals surface area contributed by atoms with E-state index in [4.69, 9.17) is 4.74 Å². The van der Waals surface area contributed by atoms with Gasteiger partial charge in [-0.3, -0.25) is 33.1 Å². The monoisotopic (exact) mass is 568 g/mol. The average molecular weight is 569 g/mol. The van der Waals surface area contributed by atoms with Crippen molar-refractivity contribution in [2.45, 2.75) is 136 Å². The molecule has 0 unspecified atom stereocenters. The van der Waals surface area contributed by atoms with Crippen LogP contribution in [0.1, 0.15) is 123 Å². The Morgan fingerprint density at radius 3 is 1.24 bits per heavy atom. The number of hydrogen-bond donors (Lipinski definition) is 0. The Morgan fingerprint density at radius 2 is 0.878 bits per heavy atom. The summed E-state index contributed by atoms with van der Waals surface area (Å²) in [6.07, 6.45) is 17.3. The van der Waals surface area contributed by atoms with Crippen LogP contribution in [0.25, 0.3) is 21.5 Å². The maximum absolute atomic E-state index is 13.0. The third-order valence-corrected chi connectivity index (χ3v) is 8.11. The molecule has 0 spiro atoms. The molecule has 8 heteroatoms. The lowest BCUT2D eigenvalue weighted by molar-refractivity contribution is -0.143. The van der Waals surface area contributed by atoms with Crippen LogP contribution in [0.15, 0.2) is 31.3 Å². The topological polar surface area (TPSA) is 104 Å². The predicted octanol–water partition coefficient (Wildman–Crippen LogP) is 6.13. The molecule has 226 valence electrons. The highest BCUT2D eigenvalue weighted by Crippen LogP contribution is 2.16. The minimum atomic E-state index is -0.379. The van der Waals surface area contributed by atoms with Gasteiger partial charge in [-0.1, -0.05) is 90.4 Å². The lowest BCUT2D eigenvalue weighted by Gasteiger charge is -2.03. The predicted molar refractivity (Wildman–Crippen MR) is 166 cm³/mol. The summed E-state index contributed by atoms with van der Waals surface area (Å²) >= 11 is 0. The van der Waals surface area contributed by atoms with E-state index in [1.807, 2.05) is 6.92 Å². The standard InChI is InChI=1S/C33H48N2O6/c1-3-5-6-7-8-12-15-18-21-34-30(37)25-23-27-28(24-26(25)31(34)38)33(40)35(32(27)39)22-19-16-13-10-9-11-14-17-20-29(36)41-4-2/h23-24H,3-22H2,1-2H3. The molecule has 1 aromatic carbocycles. The Kier molecular flexibility index (Phi) is 13.5. The molecule has 0 aliphatic rings. The van der Waals surface area contributed by atoms with Gasteiger partial charge in [0.15, 0.2) is 0 Å². The quantitative estimate of drug-likeness (QED) is 0.113. The number of ether oxygens (including phenoxy) is 1. The van der Waals surface area contributed by atoms with Crippen molar-refractivity contribution in [2.24, 2.45) is 0 Å². The third-order valence-electron chi connectivity index (χ3n) is 8.11. The molecule has 0 saturated carbocycles. The molecule has 3 rings (SSSR count). The van der Waals surface area contributed by atoms with Crippen molar-refractivity contribution in [2.75, 3.05) is 6.61 Å². The number of aromatic nitrogens is 2. The van der Waals surface area contributed by atoms with E-state index in [-0.39, 0.29) is 49.8 Å². The molecule has 3 aromatic rings. The van der Waals surface area contributed by atoms with Crippen LogP contribution in [0.2, 0.25) is 0 Å². The molecule has 0 fully saturated rings. The Balaban J connectivity index is 1.49. The van der Waals surface area contributed by atoms with E-state index in [9.17, 15) is 24.0 Å². The smallest absolute Gasteiger partial charge is 0.305 e. The Morgan fingerprint density at radius 1 is 0.537 bits per heavy atom. The minimum absolute atomic E-state index is 0.125. The molecule has 0 radical (unpaired) electrons. The van der Waals surface area contributed by atoms with Crippen LogP contribution < -0.4 is 22.2 Å². The Hall–Kier alpha value is -3.03. The molecule has 0 aliphatic carbocycles. The lowest BCUT2D eigenvalue weighted by atomic mass is 10.1. The molecule has 8 nitrogen and oxygen atoms in total. The molecule has 0 atom stereocenters. The zero-order chi connectivity index (χ0) is 29.6. The van der Waals surface area contributed by atoms with Crippen LogP contribution >= 0.6 is 0 Å². The molecule has 0 saturated heterocycles. The van der Waals surface area contributed by atoms with Gasteiger partial charge >= 0.3 is 5.97 Å². The molecular weight excluding hydrogens is 520 g/mol. The first kappa shape index (κ1) is 32.5. The molecule has 0 bridgehead atoms. The van der Waals surface area contributed by atoms with Gasteiger partial charge in [0.1, 0.15) is 0 Å². The number of rotatable bonds is 21. The van der Waals surface area contributed by atoms with Gasteiger partial charge in [-0.15, -0.1) is 0 Å². The highest BCUT2D eigenvalue weighted by atomic mass is 16.5. The van der Waals surface area contributed by atoms with E-state index in [0.717, 1.165) is 70.6 Å². The van der Waals surface area contributed by atoms with Crippen molar-refractivity contribution < 1.29 is 9.53 Å². The number of benzene rings is 1. The van der Waals surface area contributed by atoms with E-state index >= 15 is 0 Å². The molecule has 0 amide bonds. The highest BCUT2D eigenvalue weighted by Gasteiger charge is 2.19. The summed E-state index contributed by atoms with van der Waals surface area (Å²) in [7, 11) is 0. The zero-order valence-electron chi connectivity index (χ0n) is 25.1. The van der Waals surface area contributed by atoms with E-state index in [0.29, 0.717) is 26.1 Å². The summed E-state index contributed by atoms with van der Waals surface area (Å²) in [6, 6.07) is 2.92. The van der Waals surface area contributed by atoms with Gasteiger partial charge in [0, 0.05) is 19.5 Å². The van der Waals surface area contributed by atoms with E-state index in [2.05, 4.69) is 6.92 Å². The second-order valence-electron chi connectivity index (χ2n) is 11.3. The SMILES string of the molecule is CCCCCCCCCCn1c(=O)c2cc3c(=O)n(CCCCCCCCCCC(=O)OCC)c(=O)c3cc2c1=O. The molecule has 2 aromatic heterocycles. The number of fused-ring (bicyclic) bond motifs is 2. The first-order valence-corrected chi connectivity index (χ1v) is 16.0. The first-order chi connectivity index (χ1) is 19.9. The normalized spacial score (nSPS) is 11.7. The van der Waals surface area contributed by atoms with E-state index < -0.39 is 0 Å². The van der Waals surface area contributed by atoms with Gasteiger partial charge in [0.05, 0.1) is 28.2 Å². The number of nitrogens with zero attached hydrogens (tertiary/aromatic N) is 2. The molecule has 2 heterocycles. The van der Waals surface area contributed by atoms with Crippen LogP contribution in [-0.4, -0.2) is 21.7 Å². The van der Waals surface area contributed by atoms with Crippen molar-refractivity contribution >= 4 is 27.5 Å². The Bertz CT molecular complexity index is 1380. The van der Waals surface area contributed by atoms with Crippen LogP contribution in [0.4, 0.5) is 0 Å². The van der Waals surface area contributed by atoms with Crippen molar-refractivity contribution in [3.05, 3.63) is 53.5 Å².